The lowest BCUT2D eigenvalue weighted by Crippen LogP contribution is -2.43. The quantitative estimate of drug-likeness (QED) is 0.294. The SMILES string of the molecule is CCCN1CCC(CNC(=NCC(C)(O)c2cnn(C)c2)NCC)CC1.I. The third-order valence-corrected chi connectivity index (χ3v) is 5.02. The molecule has 1 unspecified atom stereocenters. The Labute approximate surface area is 181 Å². The number of nitrogens with one attached hydrogen (secondary N) is 2. The third kappa shape index (κ3) is 7.95. The van der Waals surface area contributed by atoms with Crippen LogP contribution < -0.4 is 10.6 Å². The molecule has 1 aromatic rings. The van der Waals surface area contributed by atoms with Gasteiger partial charge in [-0.3, -0.25) is 4.68 Å². The number of aromatic nitrogens is 2. The summed E-state index contributed by atoms with van der Waals surface area (Å²) in [5.74, 6) is 1.46. The molecule has 0 spiro atoms. The van der Waals surface area contributed by atoms with E-state index in [2.05, 4.69) is 39.5 Å². The van der Waals surface area contributed by atoms with Gasteiger partial charge >= 0.3 is 0 Å². The van der Waals surface area contributed by atoms with Crippen molar-refractivity contribution in [3.63, 3.8) is 0 Å². The fourth-order valence-electron chi connectivity index (χ4n) is 3.34. The van der Waals surface area contributed by atoms with Crippen molar-refractivity contribution in [2.75, 3.05) is 39.3 Å². The number of halogens is 1. The number of aryl methyl sites for hydroxylation is 1. The second-order valence-electron chi connectivity index (χ2n) is 7.54. The highest BCUT2D eigenvalue weighted by atomic mass is 127. The van der Waals surface area contributed by atoms with Crippen LogP contribution in [0.5, 0.6) is 0 Å². The molecule has 27 heavy (non-hydrogen) atoms. The van der Waals surface area contributed by atoms with E-state index >= 15 is 0 Å². The lowest BCUT2D eigenvalue weighted by Gasteiger charge is -2.32. The molecule has 0 saturated carbocycles. The van der Waals surface area contributed by atoms with Crippen LogP contribution in [0, 0.1) is 5.92 Å². The Hall–Kier alpha value is -0.870. The van der Waals surface area contributed by atoms with Crippen LogP contribution in [0.2, 0.25) is 0 Å². The zero-order valence-corrected chi connectivity index (χ0v) is 19.6. The summed E-state index contributed by atoms with van der Waals surface area (Å²) >= 11 is 0. The van der Waals surface area contributed by atoms with Gasteiger partial charge < -0.3 is 20.6 Å². The van der Waals surface area contributed by atoms with Crippen LogP contribution in [0.4, 0.5) is 0 Å². The standard InChI is InChI=1S/C19H36N6O.HI/c1-5-9-25-10-7-16(8-11-25)12-21-18(20-6-2)22-15-19(3,26)17-13-23-24(4)14-17;/h13-14,16,26H,5-12,15H2,1-4H3,(H2,20,21,22);1H. The first-order chi connectivity index (χ1) is 12.4. The van der Waals surface area contributed by atoms with Crippen molar-refractivity contribution in [3.8, 4) is 0 Å². The molecule has 1 atom stereocenters. The summed E-state index contributed by atoms with van der Waals surface area (Å²) in [4.78, 5) is 7.15. The first-order valence-corrected chi connectivity index (χ1v) is 9.90. The molecular formula is C19H37IN6O. The van der Waals surface area contributed by atoms with E-state index in [1.54, 1.807) is 17.8 Å². The summed E-state index contributed by atoms with van der Waals surface area (Å²) in [6.07, 6.45) is 7.23. The number of rotatable bonds is 8. The minimum absolute atomic E-state index is 0. The molecule has 1 aliphatic heterocycles. The zero-order chi connectivity index (χ0) is 19.0. The van der Waals surface area contributed by atoms with Crippen molar-refractivity contribution in [3.05, 3.63) is 18.0 Å². The highest BCUT2D eigenvalue weighted by molar-refractivity contribution is 14.0. The van der Waals surface area contributed by atoms with Gasteiger partial charge in [0.25, 0.3) is 0 Å². The number of nitrogens with zero attached hydrogens (tertiary/aromatic N) is 4. The predicted molar refractivity (Wildman–Crippen MR) is 122 cm³/mol. The van der Waals surface area contributed by atoms with Crippen molar-refractivity contribution < 1.29 is 5.11 Å². The van der Waals surface area contributed by atoms with Crippen LogP contribution in [0.3, 0.4) is 0 Å². The van der Waals surface area contributed by atoms with E-state index in [4.69, 9.17) is 0 Å². The molecule has 7 nitrogen and oxygen atoms in total. The van der Waals surface area contributed by atoms with Crippen LogP contribution in [0.1, 0.15) is 45.6 Å². The van der Waals surface area contributed by atoms with Gasteiger partial charge in [0, 0.05) is 31.9 Å². The molecule has 2 heterocycles. The minimum atomic E-state index is -1.03. The average molecular weight is 492 g/mol. The number of hydrogen-bond donors (Lipinski definition) is 3. The monoisotopic (exact) mass is 492 g/mol. The summed E-state index contributed by atoms with van der Waals surface area (Å²) in [6.45, 7) is 11.7. The highest BCUT2D eigenvalue weighted by Crippen LogP contribution is 2.20. The molecule has 156 valence electrons. The van der Waals surface area contributed by atoms with E-state index in [-0.39, 0.29) is 24.0 Å². The lowest BCUT2D eigenvalue weighted by molar-refractivity contribution is 0.0671. The number of hydrogen-bond acceptors (Lipinski definition) is 4. The number of piperidine rings is 1. The maximum atomic E-state index is 10.7. The van der Waals surface area contributed by atoms with E-state index in [1.807, 2.05) is 13.2 Å². The fourth-order valence-corrected chi connectivity index (χ4v) is 3.34. The van der Waals surface area contributed by atoms with Gasteiger partial charge in [-0.1, -0.05) is 6.92 Å². The topological polar surface area (TPSA) is 77.7 Å². The summed E-state index contributed by atoms with van der Waals surface area (Å²) in [5.41, 5.74) is -0.245. The summed E-state index contributed by atoms with van der Waals surface area (Å²) < 4.78 is 1.70. The van der Waals surface area contributed by atoms with Crippen molar-refractivity contribution in [1.29, 1.82) is 0 Å². The highest BCUT2D eigenvalue weighted by Gasteiger charge is 2.25. The Morgan fingerprint density at radius 2 is 2.04 bits per heavy atom. The second-order valence-corrected chi connectivity index (χ2v) is 7.54. The number of aliphatic hydroxyl groups is 1. The van der Waals surface area contributed by atoms with Crippen molar-refractivity contribution >= 4 is 29.9 Å². The summed E-state index contributed by atoms with van der Waals surface area (Å²) in [6, 6.07) is 0. The molecular weight excluding hydrogens is 455 g/mol. The third-order valence-electron chi connectivity index (χ3n) is 5.02. The van der Waals surface area contributed by atoms with E-state index in [0.29, 0.717) is 12.5 Å². The Kier molecular flexibility index (Phi) is 10.6. The van der Waals surface area contributed by atoms with Crippen LogP contribution in [-0.4, -0.2) is 65.0 Å². The van der Waals surface area contributed by atoms with Crippen molar-refractivity contribution in [2.45, 2.75) is 45.6 Å². The number of likely N-dealkylation sites (tertiary alicyclic amines) is 1. The maximum absolute atomic E-state index is 10.7. The van der Waals surface area contributed by atoms with E-state index < -0.39 is 5.60 Å². The normalized spacial score (nSPS) is 18.6. The Morgan fingerprint density at radius 3 is 2.59 bits per heavy atom. The summed E-state index contributed by atoms with van der Waals surface area (Å²) in [5, 5.41) is 21.6. The van der Waals surface area contributed by atoms with E-state index in [1.165, 1.54) is 38.9 Å². The summed E-state index contributed by atoms with van der Waals surface area (Å²) in [7, 11) is 1.85. The van der Waals surface area contributed by atoms with Gasteiger partial charge in [-0.25, -0.2) is 4.99 Å². The van der Waals surface area contributed by atoms with Crippen LogP contribution in [0.15, 0.2) is 17.4 Å². The van der Waals surface area contributed by atoms with Crippen molar-refractivity contribution in [1.82, 2.24) is 25.3 Å². The first-order valence-electron chi connectivity index (χ1n) is 9.90. The number of aliphatic imine (C=N–C) groups is 1. The zero-order valence-electron chi connectivity index (χ0n) is 17.2. The van der Waals surface area contributed by atoms with Gasteiger partial charge in [-0.05, 0) is 58.7 Å². The van der Waals surface area contributed by atoms with Gasteiger partial charge in [0.2, 0.25) is 0 Å². The smallest absolute Gasteiger partial charge is 0.191 e. The fraction of sp³-hybridized carbons (Fsp3) is 0.789. The molecule has 0 aliphatic carbocycles. The van der Waals surface area contributed by atoms with Crippen molar-refractivity contribution in [2.24, 2.45) is 18.0 Å². The first kappa shape index (κ1) is 24.2. The van der Waals surface area contributed by atoms with Crippen LogP contribution in [-0.2, 0) is 12.6 Å². The second kappa shape index (κ2) is 11.9. The van der Waals surface area contributed by atoms with E-state index in [9.17, 15) is 5.11 Å². The molecule has 0 radical (unpaired) electrons. The van der Waals surface area contributed by atoms with E-state index in [0.717, 1.165) is 24.6 Å². The molecule has 3 N–H and O–H groups in total. The molecule has 1 saturated heterocycles. The molecule has 0 bridgehead atoms. The molecule has 1 fully saturated rings. The van der Waals surface area contributed by atoms with Crippen LogP contribution >= 0.6 is 24.0 Å². The maximum Gasteiger partial charge on any atom is 0.191 e. The molecule has 0 aromatic carbocycles. The minimum Gasteiger partial charge on any atom is -0.383 e. The Balaban J connectivity index is 0.00000364. The lowest BCUT2D eigenvalue weighted by atomic mass is 9.97. The Bertz CT molecular complexity index is 566. The molecule has 0 amide bonds. The van der Waals surface area contributed by atoms with Gasteiger partial charge in [-0.2, -0.15) is 5.10 Å². The molecule has 2 rings (SSSR count). The number of guanidine groups is 1. The molecule has 8 heteroatoms. The predicted octanol–water partition coefficient (Wildman–Crippen LogP) is 1.92. The van der Waals surface area contributed by atoms with Gasteiger partial charge in [0.15, 0.2) is 5.96 Å². The molecule has 1 aromatic heterocycles. The Morgan fingerprint density at radius 1 is 1.33 bits per heavy atom. The van der Waals surface area contributed by atoms with Gasteiger partial charge in [0.05, 0.1) is 12.7 Å². The average Bonchev–Trinajstić information content (AvgIpc) is 3.06. The van der Waals surface area contributed by atoms with Gasteiger partial charge in [-0.15, -0.1) is 24.0 Å². The largest absolute Gasteiger partial charge is 0.383 e. The van der Waals surface area contributed by atoms with Gasteiger partial charge in [0.1, 0.15) is 5.60 Å². The van der Waals surface area contributed by atoms with Crippen LogP contribution in [0.25, 0.3) is 0 Å². The molecule has 1 aliphatic rings.